The molecule has 3 heteroatoms. The predicted molar refractivity (Wildman–Crippen MR) is 62.0 cm³/mol. The summed E-state index contributed by atoms with van der Waals surface area (Å²) in [4.78, 5) is 23.2. The molecule has 0 aromatic carbocycles. The second kappa shape index (κ2) is 5.83. The number of unbranched alkanes of at least 4 members (excludes halogenated alkanes) is 1. The van der Waals surface area contributed by atoms with Gasteiger partial charge in [0, 0.05) is 11.5 Å². The molecule has 90 valence electrons. The number of hydrogen-bond donors (Lipinski definition) is 0. The molecular formula is C13H20O3. The van der Waals surface area contributed by atoms with Crippen LogP contribution in [0.25, 0.3) is 0 Å². The van der Waals surface area contributed by atoms with E-state index in [0.717, 1.165) is 31.3 Å². The first kappa shape index (κ1) is 12.9. The van der Waals surface area contributed by atoms with Crippen molar-refractivity contribution in [3.05, 3.63) is 11.1 Å². The average Bonchev–Trinajstić information content (AvgIpc) is 2.53. The number of methoxy groups -OCH3 is 1. The summed E-state index contributed by atoms with van der Waals surface area (Å²) in [6.07, 6.45) is 4.09. The van der Waals surface area contributed by atoms with Gasteiger partial charge >= 0.3 is 5.97 Å². The lowest BCUT2D eigenvalue weighted by Gasteiger charge is -2.07. The highest BCUT2D eigenvalue weighted by atomic mass is 16.5. The van der Waals surface area contributed by atoms with Crippen LogP contribution in [0.4, 0.5) is 0 Å². The molecule has 0 heterocycles. The van der Waals surface area contributed by atoms with Gasteiger partial charge in [0.05, 0.1) is 13.5 Å². The van der Waals surface area contributed by atoms with Crippen LogP contribution in [0.3, 0.4) is 0 Å². The highest BCUT2D eigenvalue weighted by molar-refractivity contribution is 6.03. The van der Waals surface area contributed by atoms with Gasteiger partial charge in [-0.05, 0) is 19.8 Å². The van der Waals surface area contributed by atoms with Gasteiger partial charge in [-0.3, -0.25) is 9.59 Å². The molecule has 0 saturated heterocycles. The van der Waals surface area contributed by atoms with Gasteiger partial charge in [-0.15, -0.1) is 0 Å². The Hall–Kier alpha value is -1.12. The summed E-state index contributed by atoms with van der Waals surface area (Å²) in [6, 6.07) is 0. The van der Waals surface area contributed by atoms with E-state index < -0.39 is 0 Å². The normalized spacial score (nSPS) is 20.4. The van der Waals surface area contributed by atoms with Gasteiger partial charge in [0.2, 0.25) is 0 Å². The van der Waals surface area contributed by atoms with Gasteiger partial charge in [0.25, 0.3) is 0 Å². The van der Waals surface area contributed by atoms with Crippen LogP contribution in [0.1, 0.15) is 46.0 Å². The number of carbonyl (C=O) groups excluding carboxylic acids is 2. The Labute approximate surface area is 96.9 Å². The van der Waals surface area contributed by atoms with Crippen LogP contribution < -0.4 is 0 Å². The predicted octanol–water partition coefficient (Wildman–Crippen LogP) is 2.65. The highest BCUT2D eigenvalue weighted by Gasteiger charge is 2.31. The van der Waals surface area contributed by atoms with Crippen molar-refractivity contribution in [2.45, 2.75) is 46.0 Å². The Kier molecular flexibility index (Phi) is 4.71. The van der Waals surface area contributed by atoms with Crippen LogP contribution in [0.2, 0.25) is 0 Å². The lowest BCUT2D eigenvalue weighted by Crippen LogP contribution is -2.13. The van der Waals surface area contributed by atoms with E-state index in [9.17, 15) is 9.59 Å². The Morgan fingerprint density at radius 1 is 1.50 bits per heavy atom. The van der Waals surface area contributed by atoms with Gasteiger partial charge in [-0.1, -0.05) is 25.3 Å². The number of carbonyl (C=O) groups is 2. The summed E-state index contributed by atoms with van der Waals surface area (Å²) in [5.41, 5.74) is 1.75. The third-order valence-corrected chi connectivity index (χ3v) is 3.19. The minimum absolute atomic E-state index is 0.111. The monoisotopic (exact) mass is 224 g/mol. The number of allylic oxidation sites excluding steroid dienone is 1. The summed E-state index contributed by atoms with van der Waals surface area (Å²) in [6.45, 7) is 4.07. The molecule has 0 radical (unpaired) electrons. The number of esters is 1. The van der Waals surface area contributed by atoms with E-state index in [-0.39, 0.29) is 24.1 Å². The molecule has 1 aliphatic rings. The largest absolute Gasteiger partial charge is 0.469 e. The molecule has 0 aromatic heterocycles. The van der Waals surface area contributed by atoms with Crippen LogP contribution in [-0.4, -0.2) is 18.9 Å². The van der Waals surface area contributed by atoms with Crippen LogP contribution in [0, 0.1) is 5.92 Å². The van der Waals surface area contributed by atoms with E-state index in [1.54, 1.807) is 0 Å². The van der Waals surface area contributed by atoms with Crippen molar-refractivity contribution in [3.8, 4) is 0 Å². The maximum atomic E-state index is 12.0. The average molecular weight is 224 g/mol. The van der Waals surface area contributed by atoms with E-state index in [1.165, 1.54) is 7.11 Å². The lowest BCUT2D eigenvalue weighted by atomic mass is 9.96. The van der Waals surface area contributed by atoms with Crippen molar-refractivity contribution in [2.24, 2.45) is 5.92 Å². The second-order valence-corrected chi connectivity index (χ2v) is 4.42. The molecule has 0 spiro atoms. The summed E-state index contributed by atoms with van der Waals surface area (Å²) >= 11 is 0. The van der Waals surface area contributed by atoms with E-state index in [1.807, 2.05) is 6.92 Å². The van der Waals surface area contributed by atoms with Crippen molar-refractivity contribution in [2.75, 3.05) is 7.11 Å². The quantitative estimate of drug-likeness (QED) is 0.674. The van der Waals surface area contributed by atoms with E-state index in [0.29, 0.717) is 5.57 Å². The lowest BCUT2D eigenvalue weighted by molar-refractivity contribution is -0.140. The molecule has 0 bridgehead atoms. The van der Waals surface area contributed by atoms with Crippen molar-refractivity contribution < 1.29 is 14.3 Å². The van der Waals surface area contributed by atoms with Crippen molar-refractivity contribution in [1.29, 1.82) is 0 Å². The topological polar surface area (TPSA) is 43.4 Å². The van der Waals surface area contributed by atoms with Gasteiger partial charge in [-0.25, -0.2) is 0 Å². The van der Waals surface area contributed by atoms with Gasteiger partial charge in [-0.2, -0.15) is 0 Å². The number of ketones is 1. The van der Waals surface area contributed by atoms with E-state index in [2.05, 4.69) is 11.7 Å². The fourth-order valence-corrected chi connectivity index (χ4v) is 2.18. The van der Waals surface area contributed by atoms with Crippen LogP contribution in [0.5, 0.6) is 0 Å². The van der Waals surface area contributed by atoms with E-state index in [4.69, 9.17) is 0 Å². The van der Waals surface area contributed by atoms with E-state index >= 15 is 0 Å². The molecule has 3 nitrogen and oxygen atoms in total. The first-order valence-electron chi connectivity index (χ1n) is 5.89. The molecule has 0 aromatic rings. The standard InChI is InChI=1S/C13H20O3/c1-4-5-6-10-7-9(2)11(13(10)15)8-12(14)16-3/h10H,4-8H2,1-3H3. The first-order chi connectivity index (χ1) is 7.60. The van der Waals surface area contributed by atoms with Gasteiger partial charge in [0.15, 0.2) is 5.78 Å². The van der Waals surface area contributed by atoms with Gasteiger partial charge in [0.1, 0.15) is 0 Å². The maximum absolute atomic E-state index is 12.0. The number of ether oxygens (including phenoxy) is 1. The highest BCUT2D eigenvalue weighted by Crippen LogP contribution is 2.33. The van der Waals surface area contributed by atoms with Crippen LogP contribution >= 0.6 is 0 Å². The zero-order chi connectivity index (χ0) is 12.1. The third kappa shape index (κ3) is 2.94. The molecule has 1 aliphatic carbocycles. The SMILES string of the molecule is CCCCC1CC(C)=C(CC(=O)OC)C1=O. The second-order valence-electron chi connectivity index (χ2n) is 4.42. The minimum Gasteiger partial charge on any atom is -0.469 e. The maximum Gasteiger partial charge on any atom is 0.310 e. The zero-order valence-corrected chi connectivity index (χ0v) is 10.3. The summed E-state index contributed by atoms with van der Waals surface area (Å²) in [7, 11) is 1.35. The summed E-state index contributed by atoms with van der Waals surface area (Å²) in [5, 5.41) is 0. The first-order valence-corrected chi connectivity index (χ1v) is 5.89. The van der Waals surface area contributed by atoms with Crippen molar-refractivity contribution in [1.82, 2.24) is 0 Å². The molecule has 16 heavy (non-hydrogen) atoms. The Morgan fingerprint density at radius 2 is 2.19 bits per heavy atom. The van der Waals surface area contributed by atoms with Crippen molar-refractivity contribution >= 4 is 11.8 Å². The molecule has 0 aliphatic heterocycles. The Balaban J connectivity index is 2.61. The minimum atomic E-state index is -0.321. The molecule has 0 fully saturated rings. The third-order valence-electron chi connectivity index (χ3n) is 3.19. The van der Waals surface area contributed by atoms with Gasteiger partial charge < -0.3 is 4.74 Å². The fraction of sp³-hybridized carbons (Fsp3) is 0.692. The number of rotatable bonds is 5. The molecule has 1 unspecified atom stereocenters. The summed E-state index contributed by atoms with van der Waals surface area (Å²) in [5.74, 6) is -0.0465. The molecule has 0 saturated carbocycles. The zero-order valence-electron chi connectivity index (χ0n) is 10.3. The Morgan fingerprint density at radius 3 is 2.75 bits per heavy atom. The van der Waals surface area contributed by atoms with Crippen LogP contribution in [-0.2, 0) is 14.3 Å². The molecule has 0 amide bonds. The van der Waals surface area contributed by atoms with Crippen molar-refractivity contribution in [3.63, 3.8) is 0 Å². The Bertz CT molecular complexity index is 315. The molecule has 1 atom stereocenters. The fourth-order valence-electron chi connectivity index (χ4n) is 2.18. The number of hydrogen-bond acceptors (Lipinski definition) is 3. The summed E-state index contributed by atoms with van der Waals surface area (Å²) < 4.78 is 4.60. The molecule has 0 N–H and O–H groups in total. The smallest absolute Gasteiger partial charge is 0.310 e. The van der Waals surface area contributed by atoms with Crippen LogP contribution in [0.15, 0.2) is 11.1 Å². The molecular weight excluding hydrogens is 204 g/mol. The number of Topliss-reactive ketones (excluding diaryl/α,β-unsaturated/α-hetero) is 1. The molecule has 1 rings (SSSR count).